The lowest BCUT2D eigenvalue weighted by atomic mass is 10.2. The van der Waals surface area contributed by atoms with E-state index in [0.717, 1.165) is 34.8 Å². The van der Waals surface area contributed by atoms with Crippen LogP contribution in [0, 0.1) is 6.92 Å². The van der Waals surface area contributed by atoms with Crippen LogP contribution in [0.4, 0.5) is 16.2 Å². The average molecular weight is 401 g/mol. The fourth-order valence-electron chi connectivity index (χ4n) is 2.57. The molecule has 2 rings (SSSR count). The van der Waals surface area contributed by atoms with E-state index in [9.17, 15) is 4.79 Å². The summed E-state index contributed by atoms with van der Waals surface area (Å²) in [5, 5.41) is 3.13. The van der Waals surface area contributed by atoms with E-state index in [-0.39, 0.29) is 0 Å². The molecule has 28 heavy (non-hydrogen) atoms. The largest absolute Gasteiger partial charge is 0.419 e. The van der Waals surface area contributed by atoms with E-state index in [2.05, 4.69) is 12.2 Å². The lowest BCUT2D eigenvalue weighted by Crippen LogP contribution is -2.36. The second-order valence-corrected chi connectivity index (χ2v) is 6.89. The van der Waals surface area contributed by atoms with E-state index in [1.807, 2.05) is 50.2 Å². The minimum atomic E-state index is -0.444. The van der Waals surface area contributed by atoms with Crippen LogP contribution >= 0.6 is 12.2 Å². The van der Waals surface area contributed by atoms with Gasteiger partial charge in [0, 0.05) is 24.0 Å². The standard InChI is InChI=1S/C22H28N2O3S/c1-4-13-26-14-12-24(19-10-6-8-17(3)15-19)22(25)27-20-11-7-9-18(16-20)23-21(28)5-2/h6-11,15-16H,4-5,12-14H2,1-3H3,(H,23,28). The Hall–Kier alpha value is -2.44. The molecule has 0 unspecified atom stereocenters. The van der Waals surface area contributed by atoms with Gasteiger partial charge >= 0.3 is 6.09 Å². The zero-order valence-corrected chi connectivity index (χ0v) is 17.6. The molecule has 6 heteroatoms. The Morgan fingerprint density at radius 2 is 1.89 bits per heavy atom. The number of carbonyl (C=O) groups is 1. The highest BCUT2D eigenvalue weighted by atomic mass is 32.1. The number of amides is 1. The number of thiocarbonyl (C=S) groups is 1. The molecule has 0 radical (unpaired) electrons. The van der Waals surface area contributed by atoms with Crippen molar-refractivity contribution in [2.24, 2.45) is 0 Å². The summed E-state index contributed by atoms with van der Waals surface area (Å²) in [4.78, 5) is 15.2. The predicted octanol–water partition coefficient (Wildman–Crippen LogP) is 5.58. The summed E-state index contributed by atoms with van der Waals surface area (Å²) < 4.78 is 11.2. The van der Waals surface area contributed by atoms with Crippen LogP contribution in [0.15, 0.2) is 48.5 Å². The molecule has 0 aliphatic carbocycles. The molecule has 5 nitrogen and oxygen atoms in total. The van der Waals surface area contributed by atoms with Crippen LogP contribution in [0.3, 0.4) is 0 Å². The van der Waals surface area contributed by atoms with Crippen molar-refractivity contribution in [3.05, 3.63) is 54.1 Å². The minimum Gasteiger partial charge on any atom is -0.410 e. The van der Waals surface area contributed by atoms with Crippen LogP contribution in [-0.4, -0.2) is 30.8 Å². The molecule has 0 fully saturated rings. The fourth-order valence-corrected chi connectivity index (χ4v) is 2.68. The summed E-state index contributed by atoms with van der Waals surface area (Å²) in [7, 11) is 0. The summed E-state index contributed by atoms with van der Waals surface area (Å²) in [5.74, 6) is 0.459. The normalized spacial score (nSPS) is 10.4. The Morgan fingerprint density at radius 3 is 2.61 bits per heavy atom. The third-order valence-corrected chi connectivity index (χ3v) is 4.38. The Kier molecular flexibility index (Phi) is 8.91. The van der Waals surface area contributed by atoms with Crippen molar-refractivity contribution in [2.45, 2.75) is 33.6 Å². The quantitative estimate of drug-likeness (QED) is 0.440. The van der Waals surface area contributed by atoms with Crippen molar-refractivity contribution in [2.75, 3.05) is 30.0 Å². The average Bonchev–Trinajstić information content (AvgIpc) is 2.68. The smallest absolute Gasteiger partial charge is 0.410 e. The number of nitrogens with one attached hydrogen (secondary N) is 1. The van der Waals surface area contributed by atoms with Gasteiger partial charge in [0.05, 0.1) is 18.1 Å². The van der Waals surface area contributed by atoms with E-state index in [0.29, 0.717) is 25.5 Å². The Bertz CT molecular complexity index is 795. The van der Waals surface area contributed by atoms with Crippen LogP contribution in [-0.2, 0) is 4.74 Å². The molecule has 2 aromatic carbocycles. The first-order chi connectivity index (χ1) is 13.5. The molecule has 0 saturated carbocycles. The lowest BCUT2D eigenvalue weighted by Gasteiger charge is -2.22. The van der Waals surface area contributed by atoms with Gasteiger partial charge in [0.1, 0.15) is 5.75 Å². The van der Waals surface area contributed by atoms with Crippen LogP contribution in [0.2, 0.25) is 0 Å². The van der Waals surface area contributed by atoms with Gasteiger partial charge in [0.15, 0.2) is 0 Å². The van der Waals surface area contributed by atoms with Gasteiger partial charge in [0.25, 0.3) is 0 Å². The second-order valence-electron chi connectivity index (χ2n) is 6.40. The summed E-state index contributed by atoms with van der Waals surface area (Å²) in [6, 6.07) is 15.0. The van der Waals surface area contributed by atoms with Crippen molar-refractivity contribution in [3.8, 4) is 5.75 Å². The van der Waals surface area contributed by atoms with Crippen molar-refractivity contribution >= 4 is 34.7 Å². The molecule has 1 amide bonds. The SMILES string of the molecule is CCCOCCN(C(=O)Oc1cccc(NC(=S)CC)c1)c1cccc(C)c1. The molecule has 150 valence electrons. The number of benzene rings is 2. The van der Waals surface area contributed by atoms with Crippen LogP contribution in [0.25, 0.3) is 0 Å². The van der Waals surface area contributed by atoms with E-state index in [1.165, 1.54) is 0 Å². The molecule has 0 saturated heterocycles. The fraction of sp³-hybridized carbons (Fsp3) is 0.364. The molecule has 0 heterocycles. The molecular weight excluding hydrogens is 372 g/mol. The Morgan fingerprint density at radius 1 is 1.11 bits per heavy atom. The molecule has 0 aliphatic rings. The van der Waals surface area contributed by atoms with Gasteiger partial charge in [0.2, 0.25) is 0 Å². The first-order valence-electron chi connectivity index (χ1n) is 9.57. The second kappa shape index (κ2) is 11.4. The number of nitrogens with zero attached hydrogens (tertiary/aromatic N) is 1. The molecule has 1 N–H and O–H groups in total. The summed E-state index contributed by atoms with van der Waals surface area (Å²) in [5.41, 5.74) is 2.65. The highest BCUT2D eigenvalue weighted by Crippen LogP contribution is 2.21. The van der Waals surface area contributed by atoms with Gasteiger partial charge < -0.3 is 14.8 Å². The van der Waals surface area contributed by atoms with Crippen molar-refractivity contribution in [1.29, 1.82) is 0 Å². The van der Waals surface area contributed by atoms with E-state index in [4.69, 9.17) is 21.7 Å². The number of ether oxygens (including phenoxy) is 2. The summed E-state index contributed by atoms with van der Waals surface area (Å²) in [6.45, 7) is 7.56. The molecule has 0 atom stereocenters. The highest BCUT2D eigenvalue weighted by molar-refractivity contribution is 7.80. The van der Waals surface area contributed by atoms with Gasteiger partial charge in [-0.15, -0.1) is 0 Å². The van der Waals surface area contributed by atoms with Crippen LogP contribution < -0.4 is 15.0 Å². The maximum absolute atomic E-state index is 12.9. The Balaban J connectivity index is 2.13. The summed E-state index contributed by atoms with van der Waals surface area (Å²) in [6.07, 6.45) is 1.24. The third-order valence-electron chi connectivity index (χ3n) is 3.99. The zero-order valence-electron chi connectivity index (χ0n) is 16.7. The van der Waals surface area contributed by atoms with Gasteiger partial charge in [-0.05, 0) is 49.6 Å². The van der Waals surface area contributed by atoms with E-state index in [1.54, 1.807) is 17.0 Å². The predicted molar refractivity (Wildman–Crippen MR) is 119 cm³/mol. The summed E-state index contributed by atoms with van der Waals surface area (Å²) >= 11 is 5.21. The molecule has 0 aromatic heterocycles. The molecular formula is C22H28N2O3S. The van der Waals surface area contributed by atoms with E-state index < -0.39 is 6.09 Å². The van der Waals surface area contributed by atoms with E-state index >= 15 is 0 Å². The number of aryl methyl sites for hydroxylation is 1. The zero-order chi connectivity index (χ0) is 20.4. The first kappa shape index (κ1) is 21.9. The number of carbonyl (C=O) groups excluding carboxylic acids is 1. The topological polar surface area (TPSA) is 50.8 Å². The maximum atomic E-state index is 12.9. The van der Waals surface area contributed by atoms with Crippen molar-refractivity contribution in [1.82, 2.24) is 0 Å². The highest BCUT2D eigenvalue weighted by Gasteiger charge is 2.18. The molecule has 0 bridgehead atoms. The molecule has 2 aromatic rings. The number of hydrogen-bond donors (Lipinski definition) is 1. The number of hydrogen-bond acceptors (Lipinski definition) is 4. The Labute approximate surface area is 172 Å². The lowest BCUT2D eigenvalue weighted by molar-refractivity contribution is 0.139. The van der Waals surface area contributed by atoms with Crippen molar-refractivity contribution < 1.29 is 14.3 Å². The first-order valence-corrected chi connectivity index (χ1v) is 9.98. The number of anilines is 2. The minimum absolute atomic E-state index is 0.417. The third kappa shape index (κ3) is 6.94. The maximum Gasteiger partial charge on any atom is 0.419 e. The van der Waals surface area contributed by atoms with Gasteiger partial charge in [-0.3, -0.25) is 4.90 Å². The van der Waals surface area contributed by atoms with Gasteiger partial charge in [-0.25, -0.2) is 4.79 Å². The number of rotatable bonds is 9. The molecule has 0 aliphatic heterocycles. The van der Waals surface area contributed by atoms with Crippen LogP contribution in [0.5, 0.6) is 5.75 Å². The molecule has 0 spiro atoms. The van der Waals surface area contributed by atoms with Crippen LogP contribution in [0.1, 0.15) is 32.3 Å². The monoisotopic (exact) mass is 400 g/mol. The van der Waals surface area contributed by atoms with Gasteiger partial charge in [-0.2, -0.15) is 0 Å². The van der Waals surface area contributed by atoms with Gasteiger partial charge in [-0.1, -0.05) is 44.3 Å². The van der Waals surface area contributed by atoms with Crippen molar-refractivity contribution in [3.63, 3.8) is 0 Å².